The molecule has 0 spiro atoms. The Kier molecular flexibility index (Phi) is 3.73. The van der Waals surface area contributed by atoms with Crippen molar-refractivity contribution < 1.29 is 9.53 Å². The first-order chi connectivity index (χ1) is 8.07. The van der Waals surface area contributed by atoms with Crippen molar-refractivity contribution in [2.45, 2.75) is 32.7 Å². The molecule has 2 aliphatic heterocycles. The van der Waals surface area contributed by atoms with Crippen LogP contribution in [0, 0.1) is 11.8 Å². The van der Waals surface area contributed by atoms with E-state index in [1.807, 2.05) is 4.90 Å². The van der Waals surface area contributed by atoms with Crippen LogP contribution < -0.4 is 5.32 Å². The predicted octanol–water partition coefficient (Wildman–Crippen LogP) is 0.869. The van der Waals surface area contributed by atoms with Crippen LogP contribution in [0.15, 0.2) is 0 Å². The standard InChI is InChI=1S/C13H24N2O2/c1-4-5-17-9-12(16)15-8-10-6-14-7-11(10)13(15,2)3/h10-11,14H,4-9H2,1-3H3. The number of carbonyl (C=O) groups excluding carboxylic acids is 1. The van der Waals surface area contributed by atoms with Gasteiger partial charge in [0, 0.05) is 31.8 Å². The lowest BCUT2D eigenvalue weighted by Gasteiger charge is -2.35. The van der Waals surface area contributed by atoms with E-state index in [0.717, 1.165) is 26.1 Å². The Morgan fingerprint density at radius 3 is 2.88 bits per heavy atom. The Morgan fingerprint density at radius 2 is 2.24 bits per heavy atom. The Balaban J connectivity index is 1.95. The second kappa shape index (κ2) is 4.94. The Labute approximate surface area is 104 Å². The van der Waals surface area contributed by atoms with Crippen molar-refractivity contribution in [3.8, 4) is 0 Å². The molecule has 2 atom stereocenters. The first-order valence-corrected chi connectivity index (χ1v) is 6.66. The van der Waals surface area contributed by atoms with E-state index < -0.39 is 0 Å². The van der Waals surface area contributed by atoms with Crippen LogP contribution in [-0.4, -0.2) is 49.2 Å². The van der Waals surface area contributed by atoms with E-state index in [1.54, 1.807) is 0 Å². The van der Waals surface area contributed by atoms with Crippen LogP contribution in [0.2, 0.25) is 0 Å². The minimum absolute atomic E-state index is 0.0270. The summed E-state index contributed by atoms with van der Waals surface area (Å²) in [6, 6.07) is 0. The molecule has 98 valence electrons. The summed E-state index contributed by atoms with van der Waals surface area (Å²) < 4.78 is 5.37. The summed E-state index contributed by atoms with van der Waals surface area (Å²) in [5, 5.41) is 3.42. The number of carbonyl (C=O) groups is 1. The van der Waals surface area contributed by atoms with Gasteiger partial charge in [0.25, 0.3) is 0 Å². The van der Waals surface area contributed by atoms with Gasteiger partial charge in [-0.2, -0.15) is 0 Å². The number of likely N-dealkylation sites (tertiary alicyclic amines) is 1. The van der Waals surface area contributed by atoms with E-state index in [-0.39, 0.29) is 18.1 Å². The molecule has 0 radical (unpaired) electrons. The number of rotatable bonds is 4. The zero-order valence-electron chi connectivity index (χ0n) is 11.2. The third kappa shape index (κ3) is 2.33. The van der Waals surface area contributed by atoms with Gasteiger partial charge in [0.2, 0.25) is 5.91 Å². The number of ether oxygens (including phenoxy) is 1. The van der Waals surface area contributed by atoms with Gasteiger partial charge < -0.3 is 15.0 Å². The maximum Gasteiger partial charge on any atom is 0.249 e. The van der Waals surface area contributed by atoms with Crippen LogP contribution in [-0.2, 0) is 9.53 Å². The van der Waals surface area contributed by atoms with E-state index in [4.69, 9.17) is 4.74 Å². The molecule has 4 nitrogen and oxygen atoms in total. The summed E-state index contributed by atoms with van der Waals surface area (Å²) in [5.74, 6) is 1.37. The Hall–Kier alpha value is -0.610. The van der Waals surface area contributed by atoms with Gasteiger partial charge in [-0.25, -0.2) is 0 Å². The van der Waals surface area contributed by atoms with Crippen LogP contribution in [0.1, 0.15) is 27.2 Å². The molecule has 2 heterocycles. The van der Waals surface area contributed by atoms with Gasteiger partial charge in [-0.1, -0.05) is 6.92 Å². The van der Waals surface area contributed by atoms with E-state index >= 15 is 0 Å². The maximum absolute atomic E-state index is 12.1. The normalized spacial score (nSPS) is 30.6. The number of nitrogens with one attached hydrogen (secondary N) is 1. The minimum Gasteiger partial charge on any atom is -0.372 e. The first-order valence-electron chi connectivity index (χ1n) is 6.66. The highest BCUT2D eigenvalue weighted by molar-refractivity contribution is 5.78. The van der Waals surface area contributed by atoms with Crippen molar-refractivity contribution in [3.63, 3.8) is 0 Å². The molecule has 2 saturated heterocycles. The van der Waals surface area contributed by atoms with Gasteiger partial charge in [-0.15, -0.1) is 0 Å². The molecule has 4 heteroatoms. The minimum atomic E-state index is -0.0270. The SMILES string of the molecule is CCCOCC(=O)N1CC2CNCC2C1(C)C. The van der Waals surface area contributed by atoms with Crippen molar-refractivity contribution in [2.24, 2.45) is 11.8 Å². The molecular formula is C13H24N2O2. The monoisotopic (exact) mass is 240 g/mol. The lowest BCUT2D eigenvalue weighted by molar-refractivity contribution is -0.140. The molecule has 0 aromatic rings. The second-order valence-electron chi connectivity index (χ2n) is 5.74. The van der Waals surface area contributed by atoms with Gasteiger partial charge in [0.05, 0.1) is 0 Å². The molecule has 1 amide bonds. The molecular weight excluding hydrogens is 216 g/mol. The van der Waals surface area contributed by atoms with Crippen LogP contribution in [0.25, 0.3) is 0 Å². The molecule has 0 aromatic heterocycles. The van der Waals surface area contributed by atoms with Gasteiger partial charge in [-0.05, 0) is 32.1 Å². The van der Waals surface area contributed by atoms with Crippen molar-refractivity contribution in [1.82, 2.24) is 10.2 Å². The average molecular weight is 240 g/mol. The summed E-state index contributed by atoms with van der Waals surface area (Å²) in [7, 11) is 0. The van der Waals surface area contributed by atoms with E-state index in [0.29, 0.717) is 18.4 Å². The lowest BCUT2D eigenvalue weighted by Crippen LogP contribution is -2.48. The molecule has 2 aliphatic rings. The molecule has 0 aromatic carbocycles. The average Bonchev–Trinajstić information content (AvgIpc) is 2.81. The third-order valence-corrected chi connectivity index (χ3v) is 4.24. The van der Waals surface area contributed by atoms with E-state index in [2.05, 4.69) is 26.1 Å². The zero-order chi connectivity index (χ0) is 12.5. The largest absolute Gasteiger partial charge is 0.372 e. The number of fused-ring (bicyclic) bond motifs is 1. The van der Waals surface area contributed by atoms with Gasteiger partial charge in [0.1, 0.15) is 6.61 Å². The van der Waals surface area contributed by atoms with Crippen LogP contribution in [0.4, 0.5) is 0 Å². The molecule has 1 N–H and O–H groups in total. The quantitative estimate of drug-likeness (QED) is 0.741. The highest BCUT2D eigenvalue weighted by atomic mass is 16.5. The van der Waals surface area contributed by atoms with Crippen molar-refractivity contribution in [1.29, 1.82) is 0 Å². The molecule has 0 saturated carbocycles. The molecule has 0 aliphatic carbocycles. The van der Waals surface area contributed by atoms with Gasteiger partial charge >= 0.3 is 0 Å². The fraction of sp³-hybridized carbons (Fsp3) is 0.923. The van der Waals surface area contributed by atoms with E-state index in [1.165, 1.54) is 0 Å². The summed E-state index contributed by atoms with van der Waals surface area (Å²) in [4.78, 5) is 14.2. The molecule has 0 bridgehead atoms. The topological polar surface area (TPSA) is 41.6 Å². The summed E-state index contributed by atoms with van der Waals surface area (Å²) in [5.41, 5.74) is -0.0270. The number of hydrogen-bond acceptors (Lipinski definition) is 3. The highest BCUT2D eigenvalue weighted by Gasteiger charge is 2.51. The summed E-state index contributed by atoms with van der Waals surface area (Å²) in [6.45, 7) is 10.3. The second-order valence-corrected chi connectivity index (χ2v) is 5.74. The fourth-order valence-corrected chi connectivity index (χ4v) is 3.23. The fourth-order valence-electron chi connectivity index (χ4n) is 3.23. The Morgan fingerprint density at radius 1 is 1.47 bits per heavy atom. The van der Waals surface area contributed by atoms with Crippen molar-refractivity contribution in [3.05, 3.63) is 0 Å². The van der Waals surface area contributed by atoms with Crippen LogP contribution in [0.3, 0.4) is 0 Å². The summed E-state index contributed by atoms with van der Waals surface area (Å²) in [6.07, 6.45) is 0.964. The number of amides is 1. The lowest BCUT2D eigenvalue weighted by atomic mass is 9.85. The van der Waals surface area contributed by atoms with Crippen molar-refractivity contribution >= 4 is 5.91 Å². The first kappa shape index (κ1) is 12.8. The number of nitrogens with zero attached hydrogens (tertiary/aromatic N) is 1. The van der Waals surface area contributed by atoms with Crippen LogP contribution >= 0.6 is 0 Å². The van der Waals surface area contributed by atoms with Gasteiger partial charge in [0.15, 0.2) is 0 Å². The van der Waals surface area contributed by atoms with Crippen molar-refractivity contribution in [2.75, 3.05) is 32.8 Å². The highest BCUT2D eigenvalue weighted by Crippen LogP contribution is 2.40. The molecule has 17 heavy (non-hydrogen) atoms. The third-order valence-electron chi connectivity index (χ3n) is 4.24. The smallest absolute Gasteiger partial charge is 0.249 e. The molecule has 2 fully saturated rings. The molecule has 2 unspecified atom stereocenters. The van der Waals surface area contributed by atoms with Gasteiger partial charge in [-0.3, -0.25) is 4.79 Å². The maximum atomic E-state index is 12.1. The van der Waals surface area contributed by atoms with Crippen LogP contribution in [0.5, 0.6) is 0 Å². The van der Waals surface area contributed by atoms with E-state index in [9.17, 15) is 4.79 Å². The molecule has 2 rings (SSSR count). The Bertz CT molecular complexity index is 291. The zero-order valence-corrected chi connectivity index (χ0v) is 11.2. The summed E-state index contributed by atoms with van der Waals surface area (Å²) >= 11 is 0. The predicted molar refractivity (Wildman–Crippen MR) is 66.8 cm³/mol. The number of hydrogen-bond donors (Lipinski definition) is 1.